The molecule has 4 rings (SSSR count). The zero-order valence-electron chi connectivity index (χ0n) is 19.4. The number of nitrogen functional groups attached to an aromatic ring is 1. The number of hydrogen-bond donors (Lipinski definition) is 4. The summed E-state index contributed by atoms with van der Waals surface area (Å²) < 4.78 is 1.39. The highest BCUT2D eigenvalue weighted by Crippen LogP contribution is 2.41. The van der Waals surface area contributed by atoms with Crippen molar-refractivity contribution in [1.82, 2.24) is 35.4 Å². The van der Waals surface area contributed by atoms with Gasteiger partial charge in [0, 0.05) is 16.9 Å². The highest BCUT2D eigenvalue weighted by Gasteiger charge is 2.54. The van der Waals surface area contributed by atoms with E-state index in [1.54, 1.807) is 0 Å². The number of thiazole rings is 1. The summed E-state index contributed by atoms with van der Waals surface area (Å²) in [5.41, 5.74) is 5.54. The SMILES string of the molecule is C#CCn1nnnc1SCC1=C(C(=O)O)N2C(=O)C(NC(=O)/C(=N\OCC(=O)O)c3csc(N)n3)[C@H]2SC1.Cl. The number of terminal acetylenes is 1. The average molecular weight is 616 g/mol. The Hall–Kier alpha value is -3.86. The van der Waals surface area contributed by atoms with Crippen molar-refractivity contribution >= 4 is 81.9 Å². The number of nitrogens with zero attached hydrogens (tertiary/aromatic N) is 7. The zero-order valence-corrected chi connectivity index (χ0v) is 22.7. The Labute approximate surface area is 237 Å². The van der Waals surface area contributed by atoms with Gasteiger partial charge in [0.2, 0.25) is 11.8 Å². The number of anilines is 1. The molecular formula is C19H18ClN9O7S3. The van der Waals surface area contributed by atoms with E-state index in [-0.39, 0.29) is 52.7 Å². The first-order chi connectivity index (χ1) is 18.2. The molecule has 0 aliphatic carbocycles. The number of thioether (sulfide) groups is 2. The van der Waals surface area contributed by atoms with Crippen molar-refractivity contribution in [1.29, 1.82) is 0 Å². The van der Waals surface area contributed by atoms with E-state index in [9.17, 15) is 24.3 Å². The molecule has 2 aliphatic heterocycles. The summed E-state index contributed by atoms with van der Waals surface area (Å²) in [4.78, 5) is 58.5. The number of fused-ring (bicyclic) bond motifs is 1. The number of rotatable bonds is 11. The fourth-order valence-electron chi connectivity index (χ4n) is 3.39. The lowest BCUT2D eigenvalue weighted by molar-refractivity contribution is -0.150. The number of amides is 2. The molecule has 0 aromatic carbocycles. The van der Waals surface area contributed by atoms with Crippen LogP contribution in [0, 0.1) is 12.3 Å². The maximum absolute atomic E-state index is 13.0. The Kier molecular flexibility index (Phi) is 9.74. The summed E-state index contributed by atoms with van der Waals surface area (Å²) in [7, 11) is 0. The number of nitrogens with two attached hydrogens (primary N) is 1. The van der Waals surface area contributed by atoms with Crippen molar-refractivity contribution in [2.24, 2.45) is 5.16 Å². The number of carbonyl (C=O) groups is 4. The Morgan fingerprint density at radius 2 is 2.15 bits per heavy atom. The number of halogens is 1. The number of aromatic nitrogens is 5. The van der Waals surface area contributed by atoms with Gasteiger partial charge in [-0.15, -0.1) is 47.0 Å². The van der Waals surface area contributed by atoms with Gasteiger partial charge in [0.1, 0.15) is 29.4 Å². The van der Waals surface area contributed by atoms with Gasteiger partial charge in [0.15, 0.2) is 10.8 Å². The lowest BCUT2D eigenvalue weighted by Crippen LogP contribution is -2.71. The molecule has 39 heavy (non-hydrogen) atoms. The normalized spacial score (nSPS) is 18.4. The highest BCUT2D eigenvalue weighted by atomic mass is 35.5. The van der Waals surface area contributed by atoms with E-state index in [2.05, 4.69) is 41.7 Å². The third kappa shape index (κ3) is 6.42. The summed E-state index contributed by atoms with van der Waals surface area (Å²) in [6.45, 7) is -0.670. The molecule has 0 saturated carbocycles. The predicted octanol–water partition coefficient (Wildman–Crippen LogP) is -0.897. The third-order valence-corrected chi connectivity index (χ3v) is 8.03. The molecule has 0 bridgehead atoms. The predicted molar refractivity (Wildman–Crippen MR) is 141 cm³/mol. The topological polar surface area (TPSA) is 228 Å². The third-order valence-electron chi connectivity index (χ3n) is 4.98. The molecule has 2 amide bonds. The van der Waals surface area contributed by atoms with Gasteiger partial charge in [0.05, 0.1) is 0 Å². The van der Waals surface area contributed by atoms with Gasteiger partial charge in [-0.3, -0.25) is 14.5 Å². The van der Waals surface area contributed by atoms with Crippen molar-refractivity contribution in [3.63, 3.8) is 0 Å². The van der Waals surface area contributed by atoms with Crippen LogP contribution in [0.4, 0.5) is 5.13 Å². The lowest BCUT2D eigenvalue weighted by Gasteiger charge is -2.49. The Morgan fingerprint density at radius 1 is 1.38 bits per heavy atom. The van der Waals surface area contributed by atoms with Crippen molar-refractivity contribution in [2.45, 2.75) is 23.1 Å². The van der Waals surface area contributed by atoms with E-state index in [1.165, 1.54) is 33.6 Å². The number of nitrogens with one attached hydrogen (secondary N) is 1. The quantitative estimate of drug-likeness (QED) is 0.0790. The molecular weight excluding hydrogens is 598 g/mol. The van der Waals surface area contributed by atoms with Crippen LogP contribution >= 0.6 is 47.3 Å². The van der Waals surface area contributed by atoms with Crippen molar-refractivity contribution in [3.05, 3.63) is 22.3 Å². The standard InChI is InChI=1S/C19H17N9O7S3.ClH/c1-2-3-27-19(23-25-26-27)38-6-8-5-36-16-12(15(32)28(16)13(8)17(33)34)22-14(31)11(24-35-4-10(29)30)9-7-37-18(20)21-9;/h1,7,12,16H,3-6H2,(H2,20,21)(H,22,31)(H,29,30)(H,33,34);1H/b24-11-;/t12?,16-;/m1./s1. The number of β-lactam (4-membered cyclic amide) rings is 1. The summed E-state index contributed by atoms with van der Waals surface area (Å²) >= 11 is 3.46. The fraction of sp³-hybridized carbons (Fsp3) is 0.316. The van der Waals surface area contributed by atoms with Crippen LogP contribution in [0.5, 0.6) is 0 Å². The van der Waals surface area contributed by atoms with E-state index >= 15 is 0 Å². The fourth-order valence-corrected chi connectivity index (χ4v) is 6.30. The van der Waals surface area contributed by atoms with Crippen LogP contribution in [0.1, 0.15) is 5.69 Å². The van der Waals surface area contributed by atoms with Gasteiger partial charge in [0.25, 0.3) is 11.8 Å². The second-order valence-electron chi connectivity index (χ2n) is 7.41. The minimum absolute atomic E-state index is 0. The molecule has 2 aromatic rings. The van der Waals surface area contributed by atoms with Crippen LogP contribution in [0.3, 0.4) is 0 Å². The first-order valence-corrected chi connectivity index (χ1v) is 13.3. The second kappa shape index (κ2) is 12.8. The average Bonchev–Trinajstić information content (AvgIpc) is 3.51. The van der Waals surface area contributed by atoms with Crippen LogP contribution in [0.15, 0.2) is 27.0 Å². The molecule has 1 unspecified atom stereocenters. The van der Waals surface area contributed by atoms with Crippen molar-refractivity contribution < 1.29 is 34.2 Å². The highest BCUT2D eigenvalue weighted by molar-refractivity contribution is 8.01. The number of hydrogen-bond acceptors (Lipinski definition) is 14. The minimum Gasteiger partial charge on any atom is -0.479 e. The van der Waals surface area contributed by atoms with Gasteiger partial charge < -0.3 is 26.1 Å². The summed E-state index contributed by atoms with van der Waals surface area (Å²) in [6, 6.07) is -1.07. The van der Waals surface area contributed by atoms with Crippen LogP contribution in [-0.4, -0.2) is 99.3 Å². The zero-order chi connectivity index (χ0) is 27.4. The molecule has 4 heterocycles. The van der Waals surface area contributed by atoms with Crippen LogP contribution in [0.25, 0.3) is 0 Å². The van der Waals surface area contributed by atoms with E-state index in [0.717, 1.165) is 16.2 Å². The smallest absolute Gasteiger partial charge is 0.352 e. The van der Waals surface area contributed by atoms with Crippen molar-refractivity contribution in [2.75, 3.05) is 23.8 Å². The monoisotopic (exact) mass is 615 g/mol. The molecule has 0 radical (unpaired) electrons. The number of carboxylic acids is 2. The number of carboxylic acid groups (broad SMARTS) is 2. The molecule has 1 saturated heterocycles. The van der Waals surface area contributed by atoms with Gasteiger partial charge in [-0.2, -0.15) is 0 Å². The number of carbonyl (C=O) groups excluding carboxylic acids is 2. The Morgan fingerprint density at radius 3 is 2.79 bits per heavy atom. The van der Waals surface area contributed by atoms with E-state index in [1.807, 2.05) is 0 Å². The lowest BCUT2D eigenvalue weighted by atomic mass is 10.0. The Bertz CT molecular complexity index is 1400. The Balaban J connectivity index is 0.00000420. The second-order valence-corrected chi connectivity index (χ2v) is 10.3. The molecule has 20 heteroatoms. The maximum atomic E-state index is 13.0. The molecule has 2 aromatic heterocycles. The molecule has 16 nitrogen and oxygen atoms in total. The maximum Gasteiger partial charge on any atom is 0.352 e. The minimum atomic E-state index is -1.32. The first-order valence-electron chi connectivity index (χ1n) is 10.4. The summed E-state index contributed by atoms with van der Waals surface area (Å²) in [5, 5.41) is 37.1. The number of tetrazole rings is 1. The molecule has 2 atom stereocenters. The van der Waals surface area contributed by atoms with Gasteiger partial charge in [-0.05, 0) is 16.0 Å². The van der Waals surface area contributed by atoms with Crippen LogP contribution < -0.4 is 11.1 Å². The van der Waals surface area contributed by atoms with Gasteiger partial charge in [-0.1, -0.05) is 22.8 Å². The summed E-state index contributed by atoms with van der Waals surface area (Å²) in [5.74, 6) is -1.26. The van der Waals surface area contributed by atoms with Gasteiger partial charge in [-0.25, -0.2) is 19.3 Å². The largest absolute Gasteiger partial charge is 0.479 e. The van der Waals surface area contributed by atoms with Crippen LogP contribution in [0.2, 0.25) is 0 Å². The van der Waals surface area contributed by atoms with E-state index in [4.69, 9.17) is 17.3 Å². The molecule has 5 N–H and O–H groups in total. The van der Waals surface area contributed by atoms with Crippen molar-refractivity contribution in [3.8, 4) is 12.3 Å². The number of oxime groups is 1. The van der Waals surface area contributed by atoms with Crippen LogP contribution in [-0.2, 0) is 30.6 Å². The molecule has 206 valence electrons. The molecule has 0 spiro atoms. The molecule has 1 fully saturated rings. The van der Waals surface area contributed by atoms with E-state index < -0.39 is 41.8 Å². The number of aliphatic carboxylic acids is 2. The first kappa shape index (κ1) is 29.7. The van der Waals surface area contributed by atoms with E-state index in [0.29, 0.717) is 10.7 Å². The van der Waals surface area contributed by atoms with Gasteiger partial charge >= 0.3 is 11.9 Å². The molecule has 2 aliphatic rings. The summed E-state index contributed by atoms with van der Waals surface area (Å²) in [6.07, 6.45) is 5.30.